The number of benzene rings is 2. The Bertz CT molecular complexity index is 1380. The molecule has 0 saturated carbocycles. The molecule has 1 atom stereocenters. The molecular weight excluding hydrogens is 428 g/mol. The molecule has 2 aromatic heterocycles. The van der Waals surface area contributed by atoms with Gasteiger partial charge in [0.15, 0.2) is 11.5 Å². The lowest BCUT2D eigenvalue weighted by atomic mass is 9.85. The van der Waals surface area contributed by atoms with Crippen LogP contribution in [0, 0.1) is 6.92 Å². The summed E-state index contributed by atoms with van der Waals surface area (Å²) in [4.78, 5) is 17.4. The summed E-state index contributed by atoms with van der Waals surface area (Å²) in [5.74, 6) is 2.73. The molecule has 0 fully saturated rings. The number of nitrogens with zero attached hydrogens (tertiary/aromatic N) is 3. The Hall–Kier alpha value is -3.59. The predicted octanol–water partition coefficient (Wildman–Crippen LogP) is 4.39. The van der Waals surface area contributed by atoms with E-state index in [4.69, 9.17) is 24.3 Å². The van der Waals surface area contributed by atoms with E-state index >= 15 is 0 Å². The lowest BCUT2D eigenvalue weighted by Gasteiger charge is -2.24. The number of aromatic nitrogens is 3. The van der Waals surface area contributed by atoms with E-state index in [2.05, 4.69) is 5.32 Å². The number of thiazole rings is 1. The first-order chi connectivity index (χ1) is 15.6. The zero-order chi connectivity index (χ0) is 21.8. The van der Waals surface area contributed by atoms with Crippen molar-refractivity contribution in [1.29, 1.82) is 0 Å². The van der Waals surface area contributed by atoms with E-state index in [0.29, 0.717) is 29.7 Å². The van der Waals surface area contributed by atoms with E-state index in [-0.39, 0.29) is 18.6 Å². The van der Waals surface area contributed by atoms with Gasteiger partial charge in [-0.2, -0.15) is 9.78 Å². The highest BCUT2D eigenvalue weighted by molar-refractivity contribution is 7.20. The average molecular weight is 449 g/mol. The van der Waals surface area contributed by atoms with Crippen molar-refractivity contribution in [2.24, 2.45) is 0 Å². The molecule has 0 bridgehead atoms. The van der Waals surface area contributed by atoms with Crippen LogP contribution in [0.25, 0.3) is 15.3 Å². The number of nitrogens with one attached hydrogen (secondary N) is 1. The molecule has 4 heterocycles. The van der Waals surface area contributed by atoms with Crippen molar-refractivity contribution >= 4 is 33.3 Å². The van der Waals surface area contributed by atoms with Crippen molar-refractivity contribution in [1.82, 2.24) is 14.8 Å². The van der Waals surface area contributed by atoms with Gasteiger partial charge in [-0.05, 0) is 49.7 Å². The molecule has 2 aromatic carbocycles. The molecule has 0 aliphatic carbocycles. The largest absolute Gasteiger partial charge is 0.494 e. The van der Waals surface area contributed by atoms with Crippen LogP contribution in [-0.2, 0) is 4.79 Å². The van der Waals surface area contributed by atoms with Crippen LogP contribution in [0.1, 0.15) is 36.1 Å². The summed E-state index contributed by atoms with van der Waals surface area (Å²) in [6.45, 7) is 4.75. The Morgan fingerprint density at radius 1 is 1.22 bits per heavy atom. The van der Waals surface area contributed by atoms with Gasteiger partial charge in [0.05, 0.1) is 22.5 Å². The maximum absolute atomic E-state index is 12.7. The number of carbonyl (C=O) groups is 1. The van der Waals surface area contributed by atoms with E-state index in [1.165, 1.54) is 11.3 Å². The molecule has 162 valence electrons. The molecule has 32 heavy (non-hydrogen) atoms. The zero-order valence-corrected chi connectivity index (χ0v) is 18.4. The lowest BCUT2D eigenvalue weighted by molar-refractivity contribution is -0.116. The molecular formula is C23H20N4O4S. The van der Waals surface area contributed by atoms with E-state index in [1.54, 1.807) is 4.68 Å². The SMILES string of the molecule is CCOc1ccc2nc(-n3nc(C)c4c3NC(=O)C[C@H]4c3ccc4c(c3)OCO4)sc2c1. The summed E-state index contributed by atoms with van der Waals surface area (Å²) in [7, 11) is 0. The van der Waals surface area contributed by atoms with Crippen molar-refractivity contribution < 1.29 is 19.0 Å². The standard InChI is InChI=1S/C23H20N4O4S/c1-3-29-14-5-6-16-19(9-14)32-23(24-16)27-22-21(12(2)26-27)15(10-20(28)25-22)13-4-7-17-18(8-13)31-11-30-17/h4-9,15H,3,10-11H2,1-2H3,(H,25,28)/t15-/m0/s1. The number of fused-ring (bicyclic) bond motifs is 3. The van der Waals surface area contributed by atoms with Gasteiger partial charge in [0.2, 0.25) is 17.8 Å². The van der Waals surface area contributed by atoms with Gasteiger partial charge < -0.3 is 19.5 Å². The van der Waals surface area contributed by atoms with Crippen LogP contribution in [0.15, 0.2) is 36.4 Å². The first-order valence-electron chi connectivity index (χ1n) is 10.4. The summed E-state index contributed by atoms with van der Waals surface area (Å²) in [5.41, 5.74) is 3.72. The van der Waals surface area contributed by atoms with Gasteiger partial charge in [-0.1, -0.05) is 17.4 Å². The van der Waals surface area contributed by atoms with Crippen molar-refractivity contribution in [3.05, 3.63) is 53.2 Å². The molecule has 1 amide bonds. The van der Waals surface area contributed by atoms with Gasteiger partial charge >= 0.3 is 0 Å². The van der Waals surface area contributed by atoms with E-state index < -0.39 is 0 Å². The highest BCUT2D eigenvalue weighted by Crippen LogP contribution is 2.44. The summed E-state index contributed by atoms with van der Waals surface area (Å²) in [6.07, 6.45) is 0.344. The Balaban J connectivity index is 1.45. The summed E-state index contributed by atoms with van der Waals surface area (Å²) in [5, 5.41) is 8.48. The zero-order valence-electron chi connectivity index (χ0n) is 17.5. The van der Waals surface area contributed by atoms with Crippen molar-refractivity contribution in [2.75, 3.05) is 18.7 Å². The van der Waals surface area contributed by atoms with Gasteiger partial charge in [0.25, 0.3) is 0 Å². The number of carbonyl (C=O) groups excluding carboxylic acids is 1. The summed E-state index contributed by atoms with van der Waals surface area (Å²) >= 11 is 1.51. The molecule has 0 radical (unpaired) electrons. The molecule has 0 spiro atoms. The quantitative estimate of drug-likeness (QED) is 0.498. The highest BCUT2D eigenvalue weighted by atomic mass is 32.1. The summed E-state index contributed by atoms with van der Waals surface area (Å²) in [6, 6.07) is 11.7. The van der Waals surface area contributed by atoms with E-state index in [1.807, 2.05) is 50.2 Å². The van der Waals surface area contributed by atoms with Gasteiger partial charge in [-0.25, -0.2) is 4.98 Å². The van der Waals surface area contributed by atoms with Crippen molar-refractivity contribution in [3.63, 3.8) is 0 Å². The minimum absolute atomic E-state index is 0.0546. The van der Waals surface area contributed by atoms with Crippen molar-refractivity contribution in [3.8, 4) is 22.4 Å². The predicted molar refractivity (Wildman–Crippen MR) is 120 cm³/mol. The Morgan fingerprint density at radius 2 is 2.09 bits per heavy atom. The monoisotopic (exact) mass is 448 g/mol. The van der Waals surface area contributed by atoms with Crippen LogP contribution < -0.4 is 19.5 Å². The average Bonchev–Trinajstić information content (AvgIpc) is 3.49. The van der Waals surface area contributed by atoms with Crippen LogP contribution in [-0.4, -0.2) is 34.1 Å². The minimum Gasteiger partial charge on any atom is -0.494 e. The number of aryl methyl sites for hydroxylation is 1. The molecule has 0 saturated heterocycles. The van der Waals surface area contributed by atoms with Crippen molar-refractivity contribution in [2.45, 2.75) is 26.2 Å². The second-order valence-electron chi connectivity index (χ2n) is 7.74. The maximum atomic E-state index is 12.7. The normalized spacial score (nSPS) is 16.8. The van der Waals surface area contributed by atoms with Gasteiger partial charge in [0.1, 0.15) is 11.6 Å². The van der Waals surface area contributed by atoms with Crippen LogP contribution >= 0.6 is 11.3 Å². The number of rotatable bonds is 4. The van der Waals surface area contributed by atoms with Gasteiger partial charge in [0, 0.05) is 17.9 Å². The molecule has 2 aliphatic heterocycles. The highest BCUT2D eigenvalue weighted by Gasteiger charge is 2.34. The Morgan fingerprint density at radius 3 is 2.97 bits per heavy atom. The molecule has 9 heteroatoms. The second kappa shape index (κ2) is 7.23. The topological polar surface area (TPSA) is 87.5 Å². The molecule has 8 nitrogen and oxygen atoms in total. The maximum Gasteiger partial charge on any atom is 0.231 e. The Labute approximate surface area is 187 Å². The minimum atomic E-state index is -0.124. The first kappa shape index (κ1) is 19.1. The van der Waals surface area contributed by atoms with Crippen LogP contribution in [0.3, 0.4) is 0 Å². The number of hydrogen-bond acceptors (Lipinski definition) is 7. The second-order valence-corrected chi connectivity index (χ2v) is 8.75. The fourth-order valence-corrected chi connectivity index (χ4v) is 5.29. The fraction of sp³-hybridized carbons (Fsp3) is 0.261. The smallest absolute Gasteiger partial charge is 0.231 e. The van der Waals surface area contributed by atoms with E-state index in [9.17, 15) is 4.79 Å². The first-order valence-corrected chi connectivity index (χ1v) is 11.2. The third-order valence-corrected chi connectivity index (χ3v) is 6.74. The molecule has 1 N–H and O–H groups in total. The third-order valence-electron chi connectivity index (χ3n) is 5.74. The molecule has 4 aromatic rings. The molecule has 6 rings (SSSR count). The van der Waals surface area contributed by atoms with Gasteiger partial charge in [-0.3, -0.25) is 4.79 Å². The fourth-order valence-electron chi connectivity index (χ4n) is 4.34. The Kier molecular flexibility index (Phi) is 4.32. The van der Waals surface area contributed by atoms with Crippen LogP contribution in [0.5, 0.6) is 17.2 Å². The van der Waals surface area contributed by atoms with E-state index in [0.717, 1.165) is 38.5 Å². The molecule has 2 aliphatic rings. The summed E-state index contributed by atoms with van der Waals surface area (Å²) < 4.78 is 19.3. The number of amides is 1. The molecule has 0 unspecified atom stereocenters. The van der Waals surface area contributed by atoms with Crippen LogP contribution in [0.2, 0.25) is 0 Å². The lowest BCUT2D eigenvalue weighted by Crippen LogP contribution is -2.24. The van der Waals surface area contributed by atoms with Gasteiger partial charge in [-0.15, -0.1) is 0 Å². The van der Waals surface area contributed by atoms with Crippen LogP contribution in [0.4, 0.5) is 5.82 Å². The number of anilines is 1. The third kappa shape index (κ3) is 3.00. The number of hydrogen-bond donors (Lipinski definition) is 1. The number of ether oxygens (including phenoxy) is 3.